The molecule has 0 fully saturated rings. The van der Waals surface area contributed by atoms with E-state index >= 15 is 0 Å². The van der Waals surface area contributed by atoms with Crippen LogP contribution < -0.4 is 9.47 Å². The van der Waals surface area contributed by atoms with Crippen LogP contribution in [0.5, 0.6) is 11.5 Å². The highest BCUT2D eigenvalue weighted by Gasteiger charge is 2.36. The zero-order chi connectivity index (χ0) is 17.1. The van der Waals surface area contributed by atoms with Crippen molar-refractivity contribution in [2.45, 2.75) is 32.6 Å². The predicted molar refractivity (Wildman–Crippen MR) is 88.4 cm³/mol. The highest BCUT2D eigenvalue weighted by Crippen LogP contribution is 2.34. The number of hydrogen-bond donors (Lipinski definition) is 0. The molecule has 0 aliphatic carbocycles. The van der Waals surface area contributed by atoms with E-state index in [1.165, 1.54) is 12.1 Å². The zero-order valence-corrected chi connectivity index (χ0v) is 13.7. The van der Waals surface area contributed by atoms with Gasteiger partial charge in [0.2, 0.25) is 6.10 Å². The Morgan fingerprint density at radius 3 is 2.50 bits per heavy atom. The Kier molecular flexibility index (Phi) is 4.69. The standard InChI is InChI=1S/C19H20FNO3/c1-3-21(12-14-7-6-8-15(20)11-14)19(22)18-13(2)23-16-9-4-5-10-17(16)24-18/h4-11,13,18H,3,12H2,1-2H3/t13-,18-/m0/s1. The molecular formula is C19H20FNO3. The van der Waals surface area contributed by atoms with Gasteiger partial charge < -0.3 is 14.4 Å². The number of amides is 1. The van der Waals surface area contributed by atoms with E-state index in [0.717, 1.165) is 5.56 Å². The molecule has 4 nitrogen and oxygen atoms in total. The summed E-state index contributed by atoms with van der Waals surface area (Å²) in [7, 11) is 0. The molecule has 1 heterocycles. The van der Waals surface area contributed by atoms with Gasteiger partial charge in [-0.2, -0.15) is 0 Å². The van der Waals surface area contributed by atoms with Crippen molar-refractivity contribution >= 4 is 5.91 Å². The van der Waals surface area contributed by atoms with Crippen LogP contribution in [-0.4, -0.2) is 29.6 Å². The summed E-state index contributed by atoms with van der Waals surface area (Å²) >= 11 is 0. The van der Waals surface area contributed by atoms with Crippen molar-refractivity contribution in [3.63, 3.8) is 0 Å². The number of hydrogen-bond acceptors (Lipinski definition) is 3. The van der Waals surface area contributed by atoms with Gasteiger partial charge in [-0.1, -0.05) is 24.3 Å². The second kappa shape index (κ2) is 6.91. The summed E-state index contributed by atoms with van der Waals surface area (Å²) in [4.78, 5) is 14.5. The molecule has 0 aromatic heterocycles. The normalized spacial score (nSPS) is 19.0. The lowest BCUT2D eigenvalue weighted by Gasteiger charge is -2.34. The van der Waals surface area contributed by atoms with Crippen LogP contribution >= 0.6 is 0 Å². The lowest BCUT2D eigenvalue weighted by molar-refractivity contribution is -0.144. The third-order valence-corrected chi connectivity index (χ3v) is 4.04. The lowest BCUT2D eigenvalue weighted by Crippen LogP contribution is -2.50. The van der Waals surface area contributed by atoms with Crippen LogP contribution in [0.15, 0.2) is 48.5 Å². The molecule has 24 heavy (non-hydrogen) atoms. The molecule has 0 unspecified atom stereocenters. The topological polar surface area (TPSA) is 38.8 Å². The Labute approximate surface area is 140 Å². The van der Waals surface area contributed by atoms with E-state index in [1.807, 2.05) is 32.0 Å². The van der Waals surface area contributed by atoms with Gasteiger partial charge in [0.25, 0.3) is 5.91 Å². The van der Waals surface area contributed by atoms with Gasteiger partial charge in [0.1, 0.15) is 11.9 Å². The van der Waals surface area contributed by atoms with Gasteiger partial charge in [-0.05, 0) is 43.7 Å². The summed E-state index contributed by atoms with van der Waals surface area (Å²) in [6.07, 6.45) is -1.11. The van der Waals surface area contributed by atoms with E-state index in [2.05, 4.69) is 0 Å². The molecule has 0 radical (unpaired) electrons. The number of carbonyl (C=O) groups excluding carboxylic acids is 1. The maximum Gasteiger partial charge on any atom is 0.267 e. The van der Waals surface area contributed by atoms with Crippen molar-refractivity contribution < 1.29 is 18.7 Å². The van der Waals surface area contributed by atoms with E-state index in [1.54, 1.807) is 23.1 Å². The molecule has 0 bridgehead atoms. The molecule has 1 amide bonds. The second-order valence-electron chi connectivity index (χ2n) is 5.79. The van der Waals surface area contributed by atoms with Gasteiger partial charge in [0.05, 0.1) is 0 Å². The van der Waals surface area contributed by atoms with Crippen LogP contribution in [-0.2, 0) is 11.3 Å². The molecule has 1 aliphatic heterocycles. The van der Waals surface area contributed by atoms with Crippen LogP contribution in [0.2, 0.25) is 0 Å². The van der Waals surface area contributed by atoms with Crippen molar-refractivity contribution in [2.75, 3.05) is 6.54 Å². The van der Waals surface area contributed by atoms with Gasteiger partial charge >= 0.3 is 0 Å². The Morgan fingerprint density at radius 1 is 1.12 bits per heavy atom. The fourth-order valence-corrected chi connectivity index (χ4v) is 2.77. The first-order chi connectivity index (χ1) is 11.6. The largest absolute Gasteiger partial charge is 0.482 e. The Hall–Kier alpha value is -2.56. The number of halogens is 1. The zero-order valence-electron chi connectivity index (χ0n) is 13.7. The van der Waals surface area contributed by atoms with Crippen LogP contribution in [0.4, 0.5) is 4.39 Å². The predicted octanol–water partition coefficient (Wildman–Crippen LogP) is 3.40. The third kappa shape index (κ3) is 3.35. The first-order valence-electron chi connectivity index (χ1n) is 8.04. The van der Waals surface area contributed by atoms with Crippen molar-refractivity contribution in [1.29, 1.82) is 0 Å². The van der Waals surface area contributed by atoms with E-state index in [4.69, 9.17) is 9.47 Å². The molecule has 2 atom stereocenters. The second-order valence-corrected chi connectivity index (χ2v) is 5.79. The van der Waals surface area contributed by atoms with Gasteiger partial charge in [-0.3, -0.25) is 4.79 Å². The molecule has 2 aromatic carbocycles. The summed E-state index contributed by atoms with van der Waals surface area (Å²) < 4.78 is 25.0. The van der Waals surface area contributed by atoms with Gasteiger partial charge in [-0.25, -0.2) is 4.39 Å². The van der Waals surface area contributed by atoms with Gasteiger partial charge in [0, 0.05) is 13.1 Å². The summed E-state index contributed by atoms with van der Waals surface area (Å²) in [6, 6.07) is 13.6. The van der Waals surface area contributed by atoms with E-state index < -0.39 is 12.2 Å². The summed E-state index contributed by atoms with van der Waals surface area (Å²) in [5.41, 5.74) is 0.745. The molecule has 0 saturated heterocycles. The van der Waals surface area contributed by atoms with Gasteiger partial charge in [-0.15, -0.1) is 0 Å². The summed E-state index contributed by atoms with van der Waals surface area (Å²) in [5.74, 6) is 0.734. The highest BCUT2D eigenvalue weighted by molar-refractivity contribution is 5.82. The minimum Gasteiger partial charge on any atom is -0.482 e. The molecule has 2 aromatic rings. The van der Waals surface area contributed by atoms with Crippen molar-refractivity contribution in [3.8, 4) is 11.5 Å². The molecule has 0 N–H and O–H groups in total. The number of fused-ring (bicyclic) bond motifs is 1. The fraction of sp³-hybridized carbons (Fsp3) is 0.316. The van der Waals surface area contributed by atoms with Crippen molar-refractivity contribution in [3.05, 3.63) is 59.9 Å². The Morgan fingerprint density at radius 2 is 1.83 bits per heavy atom. The van der Waals surface area contributed by atoms with E-state index in [9.17, 15) is 9.18 Å². The van der Waals surface area contributed by atoms with Crippen LogP contribution in [0.25, 0.3) is 0 Å². The number of likely N-dealkylation sites (N-methyl/N-ethyl adjacent to an activating group) is 1. The Bertz CT molecular complexity index is 734. The van der Waals surface area contributed by atoms with Crippen LogP contribution in [0.3, 0.4) is 0 Å². The lowest BCUT2D eigenvalue weighted by atomic mass is 10.1. The number of carbonyl (C=O) groups is 1. The molecule has 3 rings (SSSR count). The van der Waals surface area contributed by atoms with E-state index in [0.29, 0.717) is 24.6 Å². The number of rotatable bonds is 4. The van der Waals surface area contributed by atoms with Crippen molar-refractivity contribution in [1.82, 2.24) is 4.90 Å². The van der Waals surface area contributed by atoms with Crippen LogP contribution in [0, 0.1) is 5.82 Å². The van der Waals surface area contributed by atoms with Gasteiger partial charge in [0.15, 0.2) is 11.5 Å². The van der Waals surface area contributed by atoms with Crippen molar-refractivity contribution in [2.24, 2.45) is 0 Å². The number of para-hydroxylation sites is 2. The monoisotopic (exact) mass is 329 g/mol. The minimum atomic E-state index is -0.714. The SMILES string of the molecule is CCN(Cc1cccc(F)c1)C(=O)[C@H]1Oc2ccccc2O[C@H]1C. The molecule has 5 heteroatoms. The number of nitrogens with zero attached hydrogens (tertiary/aromatic N) is 1. The fourth-order valence-electron chi connectivity index (χ4n) is 2.77. The maximum absolute atomic E-state index is 13.4. The molecule has 126 valence electrons. The average molecular weight is 329 g/mol. The minimum absolute atomic E-state index is 0.163. The quantitative estimate of drug-likeness (QED) is 0.863. The summed E-state index contributed by atoms with van der Waals surface area (Å²) in [5, 5.41) is 0. The Balaban J connectivity index is 1.76. The molecule has 0 saturated carbocycles. The average Bonchev–Trinajstić information content (AvgIpc) is 2.58. The molecule has 0 spiro atoms. The first kappa shape index (κ1) is 16.3. The summed E-state index contributed by atoms with van der Waals surface area (Å²) in [6.45, 7) is 4.54. The van der Waals surface area contributed by atoms with Crippen LogP contribution in [0.1, 0.15) is 19.4 Å². The number of benzene rings is 2. The third-order valence-electron chi connectivity index (χ3n) is 4.04. The number of ether oxygens (including phenoxy) is 2. The maximum atomic E-state index is 13.4. The molecular weight excluding hydrogens is 309 g/mol. The smallest absolute Gasteiger partial charge is 0.267 e. The highest BCUT2D eigenvalue weighted by atomic mass is 19.1. The molecule has 1 aliphatic rings. The first-order valence-corrected chi connectivity index (χ1v) is 8.04. The van der Waals surface area contributed by atoms with E-state index in [-0.39, 0.29) is 11.7 Å².